The van der Waals surface area contributed by atoms with Gasteiger partial charge in [0.15, 0.2) is 0 Å². The van der Waals surface area contributed by atoms with Gasteiger partial charge < -0.3 is 9.47 Å². The molecule has 0 aliphatic rings. The second-order valence-corrected chi connectivity index (χ2v) is 13.2. The minimum absolute atomic E-state index is 0.00763. The summed E-state index contributed by atoms with van der Waals surface area (Å²) in [5, 5.41) is 0. The molecule has 0 N–H and O–H groups in total. The average molecular weight is 595 g/mol. The van der Waals surface area contributed by atoms with Crippen LogP contribution in [0.4, 0.5) is 0 Å². The van der Waals surface area contributed by atoms with Gasteiger partial charge >= 0.3 is 11.9 Å². The lowest BCUT2D eigenvalue weighted by Crippen LogP contribution is -2.16. The van der Waals surface area contributed by atoms with Crippen LogP contribution in [0, 0.1) is 0 Å². The number of unbranched alkanes of at least 4 members (excludes halogenated alkanes) is 23. The van der Waals surface area contributed by atoms with Crippen molar-refractivity contribution in [2.24, 2.45) is 0 Å². The first-order valence-electron chi connectivity index (χ1n) is 18.9. The van der Waals surface area contributed by atoms with Gasteiger partial charge in [0.1, 0.15) is 0 Å². The molecule has 0 aliphatic carbocycles. The van der Waals surface area contributed by atoms with E-state index in [-0.39, 0.29) is 24.1 Å². The van der Waals surface area contributed by atoms with Crippen molar-refractivity contribution in [1.29, 1.82) is 0 Å². The fraction of sp³-hybridized carbons (Fsp3) is 0.947. The van der Waals surface area contributed by atoms with Crippen molar-refractivity contribution in [3.63, 3.8) is 0 Å². The molecule has 0 bridgehead atoms. The molecular weight excluding hydrogens is 520 g/mol. The summed E-state index contributed by atoms with van der Waals surface area (Å²) < 4.78 is 11.2. The van der Waals surface area contributed by atoms with Crippen LogP contribution in [0.15, 0.2) is 0 Å². The number of hydrogen-bond acceptors (Lipinski definition) is 4. The maximum atomic E-state index is 12.1. The Balaban J connectivity index is 3.50. The molecule has 2 atom stereocenters. The summed E-state index contributed by atoms with van der Waals surface area (Å²) in [5.74, 6) is -0.259. The maximum absolute atomic E-state index is 12.1. The summed E-state index contributed by atoms with van der Waals surface area (Å²) in [6.45, 7) is 8.56. The van der Waals surface area contributed by atoms with Gasteiger partial charge in [-0.15, -0.1) is 0 Å². The largest absolute Gasteiger partial charge is 0.463 e. The minimum atomic E-state index is -0.129. The lowest BCUT2D eigenvalue weighted by molar-refractivity contribution is -0.151. The van der Waals surface area contributed by atoms with Crippen molar-refractivity contribution < 1.29 is 19.1 Å². The summed E-state index contributed by atoms with van der Waals surface area (Å²) in [4.78, 5) is 24.3. The first-order chi connectivity index (χ1) is 20.5. The van der Waals surface area contributed by atoms with E-state index in [0.717, 1.165) is 25.7 Å². The zero-order valence-electron chi connectivity index (χ0n) is 29.0. The lowest BCUT2D eigenvalue weighted by atomic mass is 10.0. The summed E-state index contributed by atoms with van der Waals surface area (Å²) in [5.41, 5.74) is 0. The van der Waals surface area contributed by atoms with Gasteiger partial charge in [0.2, 0.25) is 0 Å². The van der Waals surface area contributed by atoms with E-state index in [4.69, 9.17) is 9.47 Å². The first kappa shape index (κ1) is 40.9. The molecule has 0 aromatic carbocycles. The van der Waals surface area contributed by atoms with E-state index in [1.54, 1.807) is 0 Å². The Labute approximate surface area is 263 Å². The molecule has 0 aromatic rings. The van der Waals surface area contributed by atoms with Crippen LogP contribution in [0.1, 0.15) is 220 Å². The molecule has 0 saturated heterocycles. The number of hydrogen-bond donors (Lipinski definition) is 0. The van der Waals surface area contributed by atoms with E-state index >= 15 is 0 Å². The summed E-state index contributed by atoms with van der Waals surface area (Å²) in [6.07, 6.45) is 36.3. The fourth-order valence-corrected chi connectivity index (χ4v) is 5.77. The molecule has 42 heavy (non-hydrogen) atoms. The molecule has 0 spiro atoms. The van der Waals surface area contributed by atoms with E-state index in [0.29, 0.717) is 25.7 Å². The molecule has 0 rings (SSSR count). The highest BCUT2D eigenvalue weighted by molar-refractivity contribution is 5.70. The molecule has 4 heteroatoms. The third-order valence-electron chi connectivity index (χ3n) is 8.61. The van der Waals surface area contributed by atoms with Crippen LogP contribution in [0.5, 0.6) is 0 Å². The summed E-state index contributed by atoms with van der Waals surface area (Å²) in [7, 11) is 0. The Bertz CT molecular complexity index is 525. The Morgan fingerprint density at radius 1 is 0.381 bits per heavy atom. The number of rotatable bonds is 33. The van der Waals surface area contributed by atoms with Crippen LogP contribution in [0.3, 0.4) is 0 Å². The highest BCUT2D eigenvalue weighted by atomic mass is 16.5. The Morgan fingerprint density at radius 2 is 0.619 bits per heavy atom. The van der Waals surface area contributed by atoms with Gasteiger partial charge in [0, 0.05) is 12.8 Å². The average Bonchev–Trinajstić information content (AvgIpc) is 2.96. The molecular formula is C38H74O4. The normalized spacial score (nSPS) is 12.8. The fourth-order valence-electron chi connectivity index (χ4n) is 5.77. The van der Waals surface area contributed by atoms with Crippen molar-refractivity contribution >= 4 is 11.9 Å². The van der Waals surface area contributed by atoms with Gasteiger partial charge in [-0.2, -0.15) is 0 Å². The molecule has 0 amide bonds. The van der Waals surface area contributed by atoms with Crippen molar-refractivity contribution in [3.05, 3.63) is 0 Å². The Kier molecular flexibility index (Phi) is 32.0. The third kappa shape index (κ3) is 31.9. The van der Waals surface area contributed by atoms with Crippen molar-refractivity contribution in [2.45, 2.75) is 233 Å². The van der Waals surface area contributed by atoms with E-state index in [9.17, 15) is 9.59 Å². The van der Waals surface area contributed by atoms with Crippen molar-refractivity contribution in [3.8, 4) is 0 Å². The maximum Gasteiger partial charge on any atom is 0.306 e. The second kappa shape index (κ2) is 32.8. The predicted octanol–water partition coefficient (Wildman–Crippen LogP) is 12.6. The SMILES string of the molecule is CCCCCCCCCCCCCCC(C)OC(=O)CCCCC(=O)OC(C)CCCCCCCCCCCCCC. The monoisotopic (exact) mass is 595 g/mol. The first-order valence-corrected chi connectivity index (χ1v) is 18.9. The Hall–Kier alpha value is -1.06. The molecule has 4 nitrogen and oxygen atoms in total. The Morgan fingerprint density at radius 3 is 0.881 bits per heavy atom. The molecule has 250 valence electrons. The van der Waals surface area contributed by atoms with Crippen LogP contribution < -0.4 is 0 Å². The van der Waals surface area contributed by atoms with Gasteiger partial charge in [-0.3, -0.25) is 9.59 Å². The zero-order chi connectivity index (χ0) is 30.9. The van der Waals surface area contributed by atoms with Crippen LogP contribution in [-0.4, -0.2) is 24.1 Å². The molecule has 0 heterocycles. The van der Waals surface area contributed by atoms with Gasteiger partial charge in [0.05, 0.1) is 12.2 Å². The third-order valence-corrected chi connectivity index (χ3v) is 8.61. The van der Waals surface area contributed by atoms with Gasteiger partial charge in [0.25, 0.3) is 0 Å². The number of ether oxygens (including phenoxy) is 2. The smallest absolute Gasteiger partial charge is 0.306 e. The van der Waals surface area contributed by atoms with Gasteiger partial charge in [-0.05, 0) is 52.4 Å². The van der Waals surface area contributed by atoms with E-state index < -0.39 is 0 Å². The van der Waals surface area contributed by atoms with Crippen molar-refractivity contribution in [1.82, 2.24) is 0 Å². The van der Waals surface area contributed by atoms with E-state index in [2.05, 4.69) is 13.8 Å². The summed E-state index contributed by atoms with van der Waals surface area (Å²) >= 11 is 0. The standard InChI is InChI=1S/C38H74O4/c1-5-7-9-11-13-15-17-19-21-23-25-27-31-35(3)41-37(39)33-29-30-34-38(40)42-36(4)32-28-26-24-22-20-18-16-14-12-10-8-6-2/h35-36H,5-34H2,1-4H3. The van der Waals surface area contributed by atoms with Crippen LogP contribution in [0.2, 0.25) is 0 Å². The van der Waals surface area contributed by atoms with E-state index in [1.807, 2.05) is 13.8 Å². The van der Waals surface area contributed by atoms with Gasteiger partial charge in [-0.1, -0.05) is 155 Å². The van der Waals surface area contributed by atoms with Crippen molar-refractivity contribution in [2.75, 3.05) is 0 Å². The number of carbonyl (C=O) groups is 2. The topological polar surface area (TPSA) is 52.6 Å². The quantitative estimate of drug-likeness (QED) is 0.0560. The number of esters is 2. The highest BCUT2D eigenvalue weighted by Gasteiger charge is 2.12. The van der Waals surface area contributed by atoms with Crippen LogP contribution >= 0.6 is 0 Å². The molecule has 0 aromatic heterocycles. The number of carbonyl (C=O) groups excluding carboxylic acids is 2. The molecule has 0 radical (unpaired) electrons. The summed E-state index contributed by atoms with van der Waals surface area (Å²) in [6, 6.07) is 0. The highest BCUT2D eigenvalue weighted by Crippen LogP contribution is 2.16. The van der Waals surface area contributed by atoms with E-state index in [1.165, 1.54) is 141 Å². The molecule has 0 fully saturated rings. The van der Waals surface area contributed by atoms with Crippen LogP contribution in [0.25, 0.3) is 0 Å². The molecule has 2 unspecified atom stereocenters. The molecule has 0 saturated carbocycles. The minimum Gasteiger partial charge on any atom is -0.463 e. The zero-order valence-corrected chi connectivity index (χ0v) is 29.0. The second-order valence-electron chi connectivity index (χ2n) is 13.2. The van der Waals surface area contributed by atoms with Crippen LogP contribution in [-0.2, 0) is 19.1 Å². The predicted molar refractivity (Wildman–Crippen MR) is 181 cm³/mol. The lowest BCUT2D eigenvalue weighted by Gasteiger charge is -2.14. The van der Waals surface area contributed by atoms with Gasteiger partial charge in [-0.25, -0.2) is 0 Å². The molecule has 0 aliphatic heterocycles.